The Hall–Kier alpha value is -1.74. The minimum Gasteiger partial charge on any atom is -0.497 e. The van der Waals surface area contributed by atoms with Crippen molar-refractivity contribution in [2.75, 3.05) is 14.2 Å². The smallest absolute Gasteiger partial charge is 0.127 e. The molecule has 0 radical (unpaired) electrons. The first-order valence-electron chi connectivity index (χ1n) is 6.02. The third kappa shape index (κ3) is 2.02. The maximum absolute atomic E-state index is 9.45. The van der Waals surface area contributed by atoms with Crippen molar-refractivity contribution in [1.29, 1.82) is 0 Å². The van der Waals surface area contributed by atoms with Crippen LogP contribution >= 0.6 is 0 Å². The minimum atomic E-state index is 0.0293. The minimum absolute atomic E-state index is 0.0293. The molecule has 18 heavy (non-hydrogen) atoms. The summed E-state index contributed by atoms with van der Waals surface area (Å²) >= 11 is 0. The number of fused-ring (bicyclic) bond motifs is 1. The van der Waals surface area contributed by atoms with E-state index in [4.69, 9.17) is 9.47 Å². The second kappa shape index (κ2) is 5.27. The summed E-state index contributed by atoms with van der Waals surface area (Å²) in [6.45, 7) is 2.12. The van der Waals surface area contributed by atoms with Crippen LogP contribution < -0.4 is 9.47 Å². The highest BCUT2D eigenvalue weighted by Gasteiger charge is 2.11. The first kappa shape index (κ1) is 12.7. The van der Waals surface area contributed by atoms with Gasteiger partial charge in [0.25, 0.3) is 0 Å². The van der Waals surface area contributed by atoms with Gasteiger partial charge in [0, 0.05) is 5.39 Å². The van der Waals surface area contributed by atoms with E-state index in [-0.39, 0.29) is 6.61 Å². The summed E-state index contributed by atoms with van der Waals surface area (Å²) in [7, 11) is 3.29. The van der Waals surface area contributed by atoms with Gasteiger partial charge in [-0.2, -0.15) is 0 Å². The summed E-state index contributed by atoms with van der Waals surface area (Å²) in [6, 6.07) is 7.83. The van der Waals surface area contributed by atoms with Gasteiger partial charge in [0.2, 0.25) is 0 Å². The second-order valence-corrected chi connectivity index (χ2v) is 4.14. The van der Waals surface area contributed by atoms with Crippen molar-refractivity contribution in [2.45, 2.75) is 20.0 Å². The zero-order valence-corrected chi connectivity index (χ0v) is 11.0. The van der Waals surface area contributed by atoms with Gasteiger partial charge in [0.15, 0.2) is 0 Å². The van der Waals surface area contributed by atoms with Crippen molar-refractivity contribution >= 4 is 10.8 Å². The molecule has 0 amide bonds. The van der Waals surface area contributed by atoms with E-state index in [1.807, 2.05) is 24.3 Å². The van der Waals surface area contributed by atoms with Crippen LogP contribution in [0, 0.1) is 0 Å². The molecule has 0 heterocycles. The Balaban J connectivity index is 2.80. The van der Waals surface area contributed by atoms with Gasteiger partial charge < -0.3 is 14.6 Å². The second-order valence-electron chi connectivity index (χ2n) is 4.14. The molecule has 0 aliphatic carbocycles. The molecule has 0 aliphatic rings. The molecule has 1 N–H and O–H groups in total. The lowest BCUT2D eigenvalue weighted by Crippen LogP contribution is -1.97. The molecule has 0 saturated heterocycles. The van der Waals surface area contributed by atoms with Gasteiger partial charge in [0.1, 0.15) is 11.5 Å². The van der Waals surface area contributed by atoms with E-state index in [2.05, 4.69) is 6.92 Å². The molecular weight excluding hydrogens is 228 g/mol. The van der Waals surface area contributed by atoms with Gasteiger partial charge in [-0.05, 0) is 41.1 Å². The molecule has 2 aromatic rings. The SMILES string of the molecule is CCc1c(CO)cc(OC)c2cc(OC)ccc12. The molecule has 0 saturated carbocycles. The molecule has 3 heteroatoms. The third-order valence-corrected chi connectivity index (χ3v) is 3.25. The Morgan fingerprint density at radius 2 is 1.83 bits per heavy atom. The van der Waals surface area contributed by atoms with Crippen molar-refractivity contribution < 1.29 is 14.6 Å². The van der Waals surface area contributed by atoms with Crippen molar-refractivity contribution in [2.24, 2.45) is 0 Å². The molecule has 0 unspecified atom stereocenters. The van der Waals surface area contributed by atoms with Gasteiger partial charge in [-0.15, -0.1) is 0 Å². The predicted molar refractivity (Wildman–Crippen MR) is 72.4 cm³/mol. The average Bonchev–Trinajstić information content (AvgIpc) is 2.44. The molecule has 2 aromatic carbocycles. The van der Waals surface area contributed by atoms with Gasteiger partial charge in [-0.1, -0.05) is 13.0 Å². The molecule has 2 rings (SSSR count). The van der Waals surface area contributed by atoms with Crippen LogP contribution in [0.3, 0.4) is 0 Å². The highest BCUT2D eigenvalue weighted by Crippen LogP contribution is 2.34. The summed E-state index contributed by atoms with van der Waals surface area (Å²) in [5.74, 6) is 1.57. The number of benzene rings is 2. The van der Waals surface area contributed by atoms with Crippen LogP contribution in [0.1, 0.15) is 18.1 Å². The number of hydrogen-bond acceptors (Lipinski definition) is 3. The molecule has 0 aromatic heterocycles. The molecular formula is C15H18O3. The number of aliphatic hydroxyl groups is 1. The molecule has 0 spiro atoms. The van der Waals surface area contributed by atoms with E-state index in [0.29, 0.717) is 0 Å². The maximum Gasteiger partial charge on any atom is 0.127 e. The third-order valence-electron chi connectivity index (χ3n) is 3.25. The van der Waals surface area contributed by atoms with Crippen LogP contribution in [-0.4, -0.2) is 19.3 Å². The van der Waals surface area contributed by atoms with Gasteiger partial charge in [-0.3, -0.25) is 0 Å². The zero-order chi connectivity index (χ0) is 13.1. The molecule has 3 nitrogen and oxygen atoms in total. The van der Waals surface area contributed by atoms with E-state index < -0.39 is 0 Å². The van der Waals surface area contributed by atoms with E-state index in [1.165, 1.54) is 0 Å². The Morgan fingerprint density at radius 3 is 2.39 bits per heavy atom. The van der Waals surface area contributed by atoms with Crippen LogP contribution in [0.2, 0.25) is 0 Å². The average molecular weight is 246 g/mol. The molecule has 0 fully saturated rings. The lowest BCUT2D eigenvalue weighted by molar-refractivity contribution is 0.280. The number of hydrogen-bond donors (Lipinski definition) is 1. The maximum atomic E-state index is 9.45. The van der Waals surface area contributed by atoms with E-state index in [0.717, 1.165) is 39.8 Å². The van der Waals surface area contributed by atoms with Crippen molar-refractivity contribution in [1.82, 2.24) is 0 Å². The fourth-order valence-electron chi connectivity index (χ4n) is 2.34. The Bertz CT molecular complexity index is 561. The Kier molecular flexibility index (Phi) is 3.72. The van der Waals surface area contributed by atoms with Crippen molar-refractivity contribution in [3.63, 3.8) is 0 Å². The predicted octanol–water partition coefficient (Wildman–Crippen LogP) is 2.91. The highest BCUT2D eigenvalue weighted by molar-refractivity contribution is 5.93. The standard InChI is InChI=1S/C15H18O3/c1-4-12-10(9-16)7-15(18-3)14-8-11(17-2)5-6-13(12)14/h5-8,16H,4,9H2,1-3H3. The molecule has 0 atom stereocenters. The quantitative estimate of drug-likeness (QED) is 0.901. The summed E-state index contributed by atoms with van der Waals surface area (Å²) in [5.41, 5.74) is 2.09. The fraction of sp³-hybridized carbons (Fsp3) is 0.333. The Labute approximate surface area is 107 Å². The van der Waals surface area contributed by atoms with Crippen molar-refractivity contribution in [3.05, 3.63) is 35.4 Å². The summed E-state index contributed by atoms with van der Waals surface area (Å²) < 4.78 is 10.6. The largest absolute Gasteiger partial charge is 0.497 e. The van der Waals surface area contributed by atoms with E-state index in [9.17, 15) is 5.11 Å². The van der Waals surface area contributed by atoms with Gasteiger partial charge >= 0.3 is 0 Å². The van der Waals surface area contributed by atoms with Crippen LogP contribution in [0.25, 0.3) is 10.8 Å². The molecule has 96 valence electrons. The Morgan fingerprint density at radius 1 is 1.06 bits per heavy atom. The summed E-state index contributed by atoms with van der Waals surface area (Å²) in [4.78, 5) is 0. The molecule has 0 bridgehead atoms. The monoisotopic (exact) mass is 246 g/mol. The van der Waals surface area contributed by atoms with Crippen LogP contribution in [0.15, 0.2) is 24.3 Å². The molecule has 0 aliphatic heterocycles. The topological polar surface area (TPSA) is 38.7 Å². The van der Waals surface area contributed by atoms with Crippen molar-refractivity contribution in [3.8, 4) is 11.5 Å². The number of rotatable bonds is 4. The van der Waals surface area contributed by atoms with Gasteiger partial charge in [0.05, 0.1) is 20.8 Å². The number of methoxy groups -OCH3 is 2. The number of ether oxygens (including phenoxy) is 2. The van der Waals surface area contributed by atoms with E-state index in [1.54, 1.807) is 14.2 Å². The summed E-state index contributed by atoms with van der Waals surface area (Å²) in [6.07, 6.45) is 0.878. The van der Waals surface area contributed by atoms with Crippen LogP contribution in [0.4, 0.5) is 0 Å². The lowest BCUT2D eigenvalue weighted by atomic mass is 9.96. The lowest BCUT2D eigenvalue weighted by Gasteiger charge is -2.14. The summed E-state index contributed by atoms with van der Waals surface area (Å²) in [5, 5.41) is 11.6. The number of aryl methyl sites for hydroxylation is 1. The first-order chi connectivity index (χ1) is 8.74. The van der Waals surface area contributed by atoms with E-state index >= 15 is 0 Å². The van der Waals surface area contributed by atoms with Crippen LogP contribution in [0.5, 0.6) is 11.5 Å². The first-order valence-corrected chi connectivity index (χ1v) is 6.02. The number of aliphatic hydroxyl groups excluding tert-OH is 1. The van der Waals surface area contributed by atoms with Gasteiger partial charge in [-0.25, -0.2) is 0 Å². The normalized spacial score (nSPS) is 10.7. The van der Waals surface area contributed by atoms with Crippen LogP contribution in [-0.2, 0) is 13.0 Å². The fourth-order valence-corrected chi connectivity index (χ4v) is 2.34. The zero-order valence-electron chi connectivity index (χ0n) is 11.0. The highest BCUT2D eigenvalue weighted by atomic mass is 16.5.